The normalized spacial score (nSPS) is 27.4. The Labute approximate surface area is 130 Å². The van der Waals surface area contributed by atoms with E-state index in [1.807, 2.05) is 0 Å². The maximum atomic E-state index is 12.0. The van der Waals surface area contributed by atoms with Gasteiger partial charge in [0.25, 0.3) is 6.47 Å². The second kappa shape index (κ2) is 7.33. The van der Waals surface area contributed by atoms with Crippen molar-refractivity contribution in [2.75, 3.05) is 18.9 Å². The average Bonchev–Trinajstić information content (AvgIpc) is 2.80. The highest BCUT2D eigenvalue weighted by Gasteiger charge is 2.44. The Bertz CT molecular complexity index is 646. The number of hydrogen-bond acceptors (Lipinski definition) is 9. The monoisotopic (exact) mass is 326 g/mol. The van der Waals surface area contributed by atoms with Gasteiger partial charge >= 0.3 is 5.69 Å². The van der Waals surface area contributed by atoms with Crippen LogP contribution in [-0.4, -0.2) is 57.7 Å². The summed E-state index contributed by atoms with van der Waals surface area (Å²) in [6.07, 6.45) is -0.340. The van der Waals surface area contributed by atoms with Gasteiger partial charge in [0.2, 0.25) is 0 Å². The number of ether oxygens (including phenoxy) is 2. The topological polar surface area (TPSA) is 163 Å². The third-order valence-corrected chi connectivity index (χ3v) is 3.38. The van der Waals surface area contributed by atoms with E-state index in [1.165, 1.54) is 6.20 Å². The Morgan fingerprint density at radius 3 is 2.83 bits per heavy atom. The van der Waals surface area contributed by atoms with Crippen molar-refractivity contribution in [2.45, 2.75) is 24.5 Å². The fraction of sp³-hybridized carbons (Fsp3) is 0.462. The minimum Gasteiger partial charge on any atom is -0.465 e. The van der Waals surface area contributed by atoms with Crippen LogP contribution < -0.4 is 17.2 Å². The van der Waals surface area contributed by atoms with Crippen molar-refractivity contribution in [1.29, 1.82) is 0 Å². The summed E-state index contributed by atoms with van der Waals surface area (Å²) in [5, 5.41) is 20.0. The summed E-state index contributed by atoms with van der Waals surface area (Å²) < 4.78 is 10.9. The predicted molar refractivity (Wildman–Crippen MR) is 78.9 cm³/mol. The quantitative estimate of drug-likeness (QED) is 0.417. The Morgan fingerprint density at radius 1 is 1.43 bits per heavy atom. The van der Waals surface area contributed by atoms with Gasteiger partial charge in [-0.05, 0) is 0 Å². The molecule has 1 saturated heterocycles. The molecule has 0 aromatic carbocycles. The van der Waals surface area contributed by atoms with Crippen LogP contribution in [0.1, 0.15) is 11.8 Å². The van der Waals surface area contributed by atoms with E-state index in [4.69, 9.17) is 16.2 Å². The average molecular weight is 326 g/mol. The van der Waals surface area contributed by atoms with Crippen LogP contribution in [-0.2, 0) is 14.3 Å². The summed E-state index contributed by atoms with van der Waals surface area (Å²) >= 11 is 0. The molecule has 6 N–H and O–H groups in total. The fourth-order valence-electron chi connectivity index (χ4n) is 2.23. The summed E-state index contributed by atoms with van der Waals surface area (Å²) in [7, 11) is 0. The molecule has 10 nitrogen and oxygen atoms in total. The zero-order valence-corrected chi connectivity index (χ0v) is 12.1. The molecule has 0 saturated carbocycles. The van der Waals surface area contributed by atoms with Gasteiger partial charge in [-0.25, -0.2) is 4.79 Å². The third-order valence-electron chi connectivity index (χ3n) is 3.38. The molecule has 23 heavy (non-hydrogen) atoms. The summed E-state index contributed by atoms with van der Waals surface area (Å²) in [5.74, 6) is 0.00447. The van der Waals surface area contributed by atoms with Crippen molar-refractivity contribution < 1.29 is 24.5 Å². The zero-order valence-electron chi connectivity index (χ0n) is 12.1. The maximum Gasteiger partial charge on any atom is 0.351 e. The lowest BCUT2D eigenvalue weighted by atomic mass is 10.1. The number of aliphatic hydroxyl groups is 2. The van der Waals surface area contributed by atoms with Crippen molar-refractivity contribution in [3.8, 4) is 0 Å². The van der Waals surface area contributed by atoms with Gasteiger partial charge in [-0.15, -0.1) is 0 Å². The van der Waals surface area contributed by atoms with E-state index in [2.05, 4.69) is 9.72 Å². The van der Waals surface area contributed by atoms with Gasteiger partial charge in [0.15, 0.2) is 6.23 Å². The minimum atomic E-state index is -1.40. The van der Waals surface area contributed by atoms with E-state index in [0.29, 0.717) is 5.56 Å². The lowest BCUT2D eigenvalue weighted by Gasteiger charge is -2.18. The van der Waals surface area contributed by atoms with Gasteiger partial charge in [-0.3, -0.25) is 9.36 Å². The number of carbonyl (C=O) groups excluding carboxylic acids is 1. The molecule has 1 aliphatic rings. The van der Waals surface area contributed by atoms with E-state index < -0.39 is 30.2 Å². The molecule has 0 aliphatic carbocycles. The highest BCUT2D eigenvalue weighted by molar-refractivity contribution is 5.59. The molecule has 0 radical (unpaired) electrons. The standard InChI is InChI=1S/C13H18N4O6/c14-3-1-2-7-4-17(13(21)16-11(7)15)12-10(20)9(19)8(23-12)5-22-6-18/h1-2,4,6,8-10,12,19-20H,3,5,14H2,(H2,15,16,21)/b2-1+/t8-,9?,10?,12-/m1/s1. The van der Waals surface area contributed by atoms with E-state index in [-0.39, 0.29) is 25.4 Å². The number of nitrogen functional groups attached to an aromatic ring is 1. The summed E-state index contributed by atoms with van der Waals surface area (Å²) in [5.41, 5.74) is 10.7. The van der Waals surface area contributed by atoms with Crippen molar-refractivity contribution in [3.05, 3.63) is 28.3 Å². The van der Waals surface area contributed by atoms with Crippen LogP contribution in [0.25, 0.3) is 6.08 Å². The van der Waals surface area contributed by atoms with Crippen LogP contribution >= 0.6 is 0 Å². The highest BCUT2D eigenvalue weighted by atomic mass is 16.6. The number of rotatable bonds is 6. The molecule has 1 aliphatic heterocycles. The highest BCUT2D eigenvalue weighted by Crippen LogP contribution is 2.29. The van der Waals surface area contributed by atoms with Crippen LogP contribution in [0.3, 0.4) is 0 Å². The number of nitrogens with two attached hydrogens (primary N) is 2. The molecule has 10 heteroatoms. The molecule has 1 fully saturated rings. The fourth-order valence-corrected chi connectivity index (χ4v) is 2.23. The van der Waals surface area contributed by atoms with Gasteiger partial charge in [-0.1, -0.05) is 12.2 Å². The van der Waals surface area contributed by atoms with Gasteiger partial charge in [-0.2, -0.15) is 4.98 Å². The van der Waals surface area contributed by atoms with Gasteiger partial charge in [0.1, 0.15) is 30.7 Å². The van der Waals surface area contributed by atoms with Crippen LogP contribution in [0.5, 0.6) is 0 Å². The van der Waals surface area contributed by atoms with Crippen molar-refractivity contribution in [3.63, 3.8) is 0 Å². The predicted octanol–water partition coefficient (Wildman–Crippen LogP) is -2.41. The van der Waals surface area contributed by atoms with Gasteiger partial charge in [0.05, 0.1) is 0 Å². The van der Waals surface area contributed by atoms with Crippen molar-refractivity contribution in [2.24, 2.45) is 5.73 Å². The Morgan fingerprint density at radius 2 is 2.17 bits per heavy atom. The number of aliphatic hydroxyl groups excluding tert-OH is 2. The summed E-state index contributed by atoms with van der Waals surface area (Å²) in [6.45, 7) is 0.211. The molecular weight excluding hydrogens is 308 g/mol. The Balaban J connectivity index is 2.32. The molecule has 126 valence electrons. The molecule has 1 aromatic rings. The minimum absolute atomic E-state index is 0.00447. The molecule has 1 aromatic heterocycles. The van der Waals surface area contributed by atoms with Crippen molar-refractivity contribution in [1.82, 2.24) is 9.55 Å². The van der Waals surface area contributed by atoms with Gasteiger partial charge in [0, 0.05) is 18.3 Å². The number of aromatic nitrogens is 2. The molecule has 2 unspecified atom stereocenters. The molecule has 4 atom stereocenters. The molecule has 2 rings (SSSR count). The molecule has 0 spiro atoms. The lowest BCUT2D eigenvalue weighted by molar-refractivity contribution is -0.135. The maximum absolute atomic E-state index is 12.0. The summed E-state index contributed by atoms with van der Waals surface area (Å²) in [6, 6.07) is 0. The van der Waals surface area contributed by atoms with Crippen LogP contribution in [0, 0.1) is 0 Å². The first-order valence-electron chi connectivity index (χ1n) is 6.81. The lowest BCUT2D eigenvalue weighted by Crippen LogP contribution is -2.36. The Kier molecular flexibility index (Phi) is 5.45. The first kappa shape index (κ1) is 17.1. The van der Waals surface area contributed by atoms with E-state index >= 15 is 0 Å². The van der Waals surface area contributed by atoms with Crippen LogP contribution in [0.2, 0.25) is 0 Å². The smallest absolute Gasteiger partial charge is 0.351 e. The molecule has 0 amide bonds. The molecular formula is C13H18N4O6. The number of hydrogen-bond donors (Lipinski definition) is 4. The summed E-state index contributed by atoms with van der Waals surface area (Å²) in [4.78, 5) is 25.9. The first-order valence-corrected chi connectivity index (χ1v) is 6.81. The van der Waals surface area contributed by atoms with Gasteiger partial charge < -0.3 is 31.2 Å². The second-order valence-corrected chi connectivity index (χ2v) is 4.89. The van der Waals surface area contributed by atoms with Crippen LogP contribution in [0.4, 0.5) is 5.82 Å². The van der Waals surface area contributed by atoms with E-state index in [1.54, 1.807) is 12.2 Å². The number of anilines is 1. The third kappa shape index (κ3) is 3.56. The number of nitrogens with zero attached hydrogens (tertiary/aromatic N) is 2. The largest absolute Gasteiger partial charge is 0.465 e. The molecule has 2 heterocycles. The number of carbonyl (C=O) groups is 1. The van der Waals surface area contributed by atoms with Crippen LogP contribution in [0.15, 0.2) is 17.1 Å². The molecule has 0 bridgehead atoms. The van der Waals surface area contributed by atoms with Crippen molar-refractivity contribution >= 4 is 18.4 Å². The van der Waals surface area contributed by atoms with E-state index in [0.717, 1.165) is 4.57 Å². The second-order valence-electron chi connectivity index (χ2n) is 4.89. The Hall–Kier alpha value is -2.27. The first-order chi connectivity index (χ1) is 11.0. The SMILES string of the molecule is NC/C=C/c1cn([C@@H]2O[C@H](COC=O)C(O)C2O)c(=O)nc1N. The van der Waals surface area contributed by atoms with E-state index in [9.17, 15) is 19.8 Å². The zero-order chi connectivity index (χ0) is 17.0.